The molecule has 1 amide bonds. The molecule has 0 radical (unpaired) electrons. The molecule has 0 atom stereocenters. The van der Waals surface area contributed by atoms with E-state index >= 15 is 0 Å². The molecule has 5 nitrogen and oxygen atoms in total. The smallest absolute Gasteiger partial charge is 0.407 e. The van der Waals surface area contributed by atoms with Gasteiger partial charge in [-0.25, -0.2) is 4.79 Å². The highest BCUT2D eigenvalue weighted by Crippen LogP contribution is 2.21. The van der Waals surface area contributed by atoms with Crippen molar-refractivity contribution in [3.8, 4) is 5.75 Å². The Balaban J connectivity index is 2.28. The minimum atomic E-state index is -0.489. The number of benzene rings is 1. The number of hydrogen-bond donors (Lipinski definition) is 1. The van der Waals surface area contributed by atoms with Crippen molar-refractivity contribution in [1.29, 1.82) is 0 Å². The average Bonchev–Trinajstić information content (AvgIpc) is 2.55. The van der Waals surface area contributed by atoms with E-state index in [-0.39, 0.29) is 0 Å². The molecular formula is C19H30ClNO4. The molecule has 1 aromatic carbocycles. The average molecular weight is 372 g/mol. The Morgan fingerprint density at radius 2 is 1.96 bits per heavy atom. The standard InChI is InChI=1S/C19H30ClNO4/c1-19(2,3)25-18(22)21-11-13-24-12-9-16-8-7-15(6-5-10-20)14-17(16)23-4/h7-8,14H,5-6,9-13H2,1-4H3,(H,21,22). The van der Waals surface area contributed by atoms with Crippen molar-refractivity contribution in [2.24, 2.45) is 0 Å². The first-order valence-corrected chi connectivity index (χ1v) is 9.15. The summed E-state index contributed by atoms with van der Waals surface area (Å²) in [6.45, 7) is 6.92. The molecule has 0 bridgehead atoms. The molecule has 0 saturated carbocycles. The summed E-state index contributed by atoms with van der Waals surface area (Å²) in [6, 6.07) is 6.24. The number of rotatable bonds is 10. The van der Waals surface area contributed by atoms with Crippen molar-refractivity contribution in [3.05, 3.63) is 29.3 Å². The molecule has 0 unspecified atom stereocenters. The van der Waals surface area contributed by atoms with E-state index in [4.69, 9.17) is 25.8 Å². The third-order valence-corrected chi connectivity index (χ3v) is 3.65. The fourth-order valence-corrected chi connectivity index (χ4v) is 2.38. The van der Waals surface area contributed by atoms with Crippen LogP contribution in [-0.2, 0) is 22.3 Å². The predicted octanol–water partition coefficient (Wildman–Crippen LogP) is 3.95. The van der Waals surface area contributed by atoms with Crippen LogP contribution in [-0.4, -0.2) is 44.4 Å². The van der Waals surface area contributed by atoms with Gasteiger partial charge in [0.15, 0.2) is 0 Å². The lowest BCUT2D eigenvalue weighted by molar-refractivity contribution is 0.0500. The zero-order valence-corrected chi connectivity index (χ0v) is 16.4. The fourth-order valence-electron chi connectivity index (χ4n) is 2.25. The van der Waals surface area contributed by atoms with E-state index < -0.39 is 11.7 Å². The maximum atomic E-state index is 11.5. The van der Waals surface area contributed by atoms with Crippen molar-refractivity contribution in [1.82, 2.24) is 5.32 Å². The Bertz CT molecular complexity index is 529. The van der Waals surface area contributed by atoms with Gasteiger partial charge in [0.1, 0.15) is 11.4 Å². The quantitative estimate of drug-likeness (QED) is 0.499. The van der Waals surface area contributed by atoms with Crippen LogP contribution in [0.1, 0.15) is 38.3 Å². The van der Waals surface area contributed by atoms with Gasteiger partial charge in [0.2, 0.25) is 0 Å². The van der Waals surface area contributed by atoms with Crippen LogP contribution in [0, 0.1) is 0 Å². The molecule has 0 aromatic heterocycles. The van der Waals surface area contributed by atoms with Crippen molar-refractivity contribution in [2.45, 2.75) is 45.6 Å². The number of halogens is 1. The number of methoxy groups -OCH3 is 1. The summed E-state index contributed by atoms with van der Waals surface area (Å²) >= 11 is 5.74. The molecule has 25 heavy (non-hydrogen) atoms. The Labute approximate surface area is 156 Å². The molecule has 6 heteroatoms. The normalized spacial score (nSPS) is 11.2. The lowest BCUT2D eigenvalue weighted by Gasteiger charge is -2.19. The van der Waals surface area contributed by atoms with Gasteiger partial charge in [-0.1, -0.05) is 12.1 Å². The van der Waals surface area contributed by atoms with Gasteiger partial charge in [0.05, 0.1) is 20.3 Å². The molecule has 0 saturated heterocycles. The van der Waals surface area contributed by atoms with E-state index in [0.717, 1.165) is 30.6 Å². The zero-order chi connectivity index (χ0) is 18.7. The number of alkyl carbamates (subject to hydrolysis) is 1. The van der Waals surface area contributed by atoms with Crippen LogP contribution in [0.5, 0.6) is 5.75 Å². The Kier molecular flexibility index (Phi) is 9.68. The van der Waals surface area contributed by atoms with Crippen LogP contribution in [0.4, 0.5) is 4.79 Å². The zero-order valence-electron chi connectivity index (χ0n) is 15.7. The van der Waals surface area contributed by atoms with Crippen LogP contribution in [0.25, 0.3) is 0 Å². The van der Waals surface area contributed by atoms with Crippen LogP contribution in [0.15, 0.2) is 18.2 Å². The third-order valence-electron chi connectivity index (χ3n) is 3.38. The SMILES string of the molecule is COc1cc(CCCCl)ccc1CCOCCNC(=O)OC(C)(C)C. The number of alkyl halides is 1. The van der Waals surface area contributed by atoms with Crippen molar-refractivity contribution in [3.63, 3.8) is 0 Å². The minimum absolute atomic E-state index is 0.420. The highest BCUT2D eigenvalue weighted by Gasteiger charge is 2.15. The first kappa shape index (κ1) is 21.6. The van der Waals surface area contributed by atoms with E-state index in [9.17, 15) is 4.79 Å². The molecule has 1 rings (SSSR count). The van der Waals surface area contributed by atoms with Gasteiger partial charge in [-0.05, 0) is 57.2 Å². The molecule has 0 aliphatic carbocycles. The molecule has 142 valence electrons. The van der Waals surface area contributed by atoms with E-state index in [0.29, 0.717) is 25.6 Å². The first-order chi connectivity index (χ1) is 11.9. The number of carbonyl (C=O) groups excluding carboxylic acids is 1. The van der Waals surface area contributed by atoms with Gasteiger partial charge in [-0.3, -0.25) is 0 Å². The molecule has 0 spiro atoms. The van der Waals surface area contributed by atoms with Gasteiger partial charge in [0, 0.05) is 12.4 Å². The predicted molar refractivity (Wildman–Crippen MR) is 101 cm³/mol. The van der Waals surface area contributed by atoms with E-state index in [1.54, 1.807) is 7.11 Å². The first-order valence-electron chi connectivity index (χ1n) is 8.62. The van der Waals surface area contributed by atoms with Crippen molar-refractivity contribution in [2.75, 3.05) is 32.7 Å². The largest absolute Gasteiger partial charge is 0.496 e. The summed E-state index contributed by atoms with van der Waals surface area (Å²) in [6.07, 6.45) is 2.24. The monoisotopic (exact) mass is 371 g/mol. The number of hydrogen-bond acceptors (Lipinski definition) is 4. The highest BCUT2D eigenvalue weighted by atomic mass is 35.5. The van der Waals surface area contributed by atoms with Gasteiger partial charge < -0.3 is 19.5 Å². The van der Waals surface area contributed by atoms with E-state index in [2.05, 4.69) is 23.5 Å². The molecule has 0 aliphatic rings. The van der Waals surface area contributed by atoms with Crippen LogP contribution < -0.4 is 10.1 Å². The van der Waals surface area contributed by atoms with Crippen LogP contribution in [0.2, 0.25) is 0 Å². The molecule has 1 N–H and O–H groups in total. The number of aryl methyl sites for hydroxylation is 1. The molecule has 0 heterocycles. The number of nitrogens with one attached hydrogen (secondary N) is 1. The lowest BCUT2D eigenvalue weighted by Crippen LogP contribution is -2.34. The lowest BCUT2D eigenvalue weighted by atomic mass is 10.0. The summed E-state index contributed by atoms with van der Waals surface area (Å²) in [5.74, 6) is 1.54. The summed E-state index contributed by atoms with van der Waals surface area (Å²) in [7, 11) is 1.68. The Morgan fingerprint density at radius 1 is 1.20 bits per heavy atom. The topological polar surface area (TPSA) is 56.8 Å². The molecule has 0 aliphatic heterocycles. The summed E-state index contributed by atoms with van der Waals surface area (Å²) in [5, 5.41) is 2.67. The fraction of sp³-hybridized carbons (Fsp3) is 0.632. The molecule has 0 fully saturated rings. The summed E-state index contributed by atoms with van der Waals surface area (Å²) in [4.78, 5) is 11.5. The van der Waals surface area contributed by atoms with Crippen LogP contribution in [0.3, 0.4) is 0 Å². The van der Waals surface area contributed by atoms with Crippen molar-refractivity contribution < 1.29 is 19.0 Å². The van der Waals surface area contributed by atoms with E-state index in [1.807, 2.05) is 20.8 Å². The summed E-state index contributed by atoms with van der Waals surface area (Å²) in [5.41, 5.74) is 1.85. The number of carbonyl (C=O) groups is 1. The van der Waals surface area contributed by atoms with E-state index in [1.165, 1.54) is 5.56 Å². The molecule has 1 aromatic rings. The maximum Gasteiger partial charge on any atom is 0.407 e. The van der Waals surface area contributed by atoms with Gasteiger partial charge >= 0.3 is 6.09 Å². The van der Waals surface area contributed by atoms with Gasteiger partial charge in [-0.2, -0.15) is 0 Å². The van der Waals surface area contributed by atoms with Gasteiger partial charge in [-0.15, -0.1) is 11.6 Å². The Hall–Kier alpha value is -1.46. The second-order valence-corrected chi connectivity index (χ2v) is 7.11. The molecular weight excluding hydrogens is 342 g/mol. The minimum Gasteiger partial charge on any atom is -0.496 e. The van der Waals surface area contributed by atoms with Crippen molar-refractivity contribution >= 4 is 17.7 Å². The second kappa shape index (κ2) is 11.2. The Morgan fingerprint density at radius 3 is 2.60 bits per heavy atom. The third kappa shape index (κ3) is 9.56. The maximum absolute atomic E-state index is 11.5. The van der Waals surface area contributed by atoms with Gasteiger partial charge in [0.25, 0.3) is 0 Å². The number of amides is 1. The number of ether oxygens (including phenoxy) is 3. The summed E-state index contributed by atoms with van der Waals surface area (Å²) < 4.78 is 16.2. The van der Waals surface area contributed by atoms with Crippen LogP contribution >= 0.6 is 11.6 Å². The second-order valence-electron chi connectivity index (χ2n) is 6.73. The highest BCUT2D eigenvalue weighted by molar-refractivity contribution is 6.17.